The molecule has 1 N–H and O–H groups in total. The molecule has 0 aromatic heterocycles. The number of hydrogen-bond donors (Lipinski definition) is 1. The number of hydrogen-bond acceptors (Lipinski definition) is 4. The van der Waals surface area contributed by atoms with Gasteiger partial charge in [0.05, 0.1) is 18.8 Å². The average Bonchev–Trinajstić information content (AvgIpc) is 2.65. The average molecular weight is 373 g/mol. The molecule has 0 aliphatic carbocycles. The first-order valence-corrected chi connectivity index (χ1v) is 10.2. The van der Waals surface area contributed by atoms with Gasteiger partial charge in [0.25, 0.3) is 5.91 Å². The third-order valence-electron chi connectivity index (χ3n) is 5.24. The zero-order chi connectivity index (χ0) is 19.1. The summed E-state index contributed by atoms with van der Waals surface area (Å²) in [6.07, 6.45) is 6.11. The van der Waals surface area contributed by atoms with Crippen LogP contribution in [-0.4, -0.2) is 55.5 Å². The summed E-state index contributed by atoms with van der Waals surface area (Å²) in [5.41, 5.74) is 0.887. The van der Waals surface area contributed by atoms with Crippen LogP contribution in [0.25, 0.3) is 0 Å². The second-order valence-corrected chi connectivity index (χ2v) is 7.39. The Morgan fingerprint density at radius 1 is 1.11 bits per heavy atom. The van der Waals surface area contributed by atoms with Gasteiger partial charge in [-0.1, -0.05) is 38.3 Å². The highest BCUT2D eigenvalue weighted by Gasteiger charge is 2.32. The molecule has 0 radical (unpaired) electrons. The summed E-state index contributed by atoms with van der Waals surface area (Å²) in [4.78, 5) is 29.3. The monoisotopic (exact) mass is 373 g/mol. The first kappa shape index (κ1) is 19.5. The maximum absolute atomic E-state index is 12.9. The summed E-state index contributed by atoms with van der Waals surface area (Å²) in [7, 11) is 0. The molecule has 27 heavy (non-hydrogen) atoms. The minimum atomic E-state index is -0.591. The van der Waals surface area contributed by atoms with Crippen LogP contribution in [0.5, 0.6) is 5.75 Å². The smallest absolute Gasteiger partial charge is 0.262 e. The zero-order valence-electron chi connectivity index (χ0n) is 16.3. The number of ether oxygens (including phenoxy) is 1. The Balaban J connectivity index is 1.70. The maximum atomic E-state index is 12.9. The van der Waals surface area contributed by atoms with Crippen LogP contribution >= 0.6 is 0 Å². The molecule has 1 fully saturated rings. The van der Waals surface area contributed by atoms with E-state index in [4.69, 9.17) is 4.74 Å². The quantitative estimate of drug-likeness (QED) is 0.862. The second-order valence-electron chi connectivity index (χ2n) is 7.39. The topological polar surface area (TPSA) is 61.9 Å². The molecule has 0 bridgehead atoms. The molecule has 6 nitrogen and oxygen atoms in total. The van der Waals surface area contributed by atoms with E-state index in [-0.39, 0.29) is 18.4 Å². The van der Waals surface area contributed by atoms with Crippen LogP contribution in [0.15, 0.2) is 24.3 Å². The second kappa shape index (κ2) is 9.62. The molecule has 0 saturated carbocycles. The summed E-state index contributed by atoms with van der Waals surface area (Å²) in [5.74, 6) is 0.692. The molecule has 2 aliphatic rings. The number of carbonyl (C=O) groups excluding carboxylic acids is 2. The predicted octanol–water partition coefficient (Wildman–Crippen LogP) is 2.57. The number of para-hydroxylation sites is 2. The van der Waals surface area contributed by atoms with Crippen LogP contribution in [0.3, 0.4) is 0 Å². The van der Waals surface area contributed by atoms with Crippen LogP contribution in [0, 0.1) is 0 Å². The number of benzene rings is 1. The van der Waals surface area contributed by atoms with E-state index in [2.05, 4.69) is 5.32 Å². The van der Waals surface area contributed by atoms with Crippen LogP contribution in [0.1, 0.15) is 45.4 Å². The Bertz CT molecular complexity index is 641. The van der Waals surface area contributed by atoms with E-state index in [0.29, 0.717) is 18.8 Å². The highest BCUT2D eigenvalue weighted by Crippen LogP contribution is 2.33. The molecule has 1 aromatic carbocycles. The number of likely N-dealkylation sites (tertiary alicyclic amines) is 1. The highest BCUT2D eigenvalue weighted by atomic mass is 16.5. The third-order valence-corrected chi connectivity index (χ3v) is 5.24. The first-order chi connectivity index (χ1) is 13.2. The van der Waals surface area contributed by atoms with E-state index in [9.17, 15) is 9.59 Å². The van der Waals surface area contributed by atoms with E-state index in [1.165, 1.54) is 19.3 Å². The molecule has 0 unspecified atom stereocenters. The fraction of sp³-hybridized carbons (Fsp3) is 0.619. The molecule has 1 atom stereocenters. The van der Waals surface area contributed by atoms with Gasteiger partial charge in [-0.2, -0.15) is 0 Å². The zero-order valence-corrected chi connectivity index (χ0v) is 16.3. The summed E-state index contributed by atoms with van der Waals surface area (Å²) in [5, 5.41) is 2.90. The molecule has 0 spiro atoms. The molecular weight excluding hydrogens is 342 g/mol. The van der Waals surface area contributed by atoms with Gasteiger partial charge in [0.2, 0.25) is 5.91 Å². The van der Waals surface area contributed by atoms with Gasteiger partial charge in [-0.25, -0.2) is 0 Å². The maximum Gasteiger partial charge on any atom is 0.262 e. The summed E-state index contributed by atoms with van der Waals surface area (Å²) in [6.45, 7) is 5.01. The van der Waals surface area contributed by atoms with Gasteiger partial charge in [0.1, 0.15) is 5.75 Å². The van der Waals surface area contributed by atoms with E-state index < -0.39 is 6.10 Å². The minimum absolute atomic E-state index is 0.116. The van der Waals surface area contributed by atoms with Gasteiger partial charge in [0, 0.05) is 19.6 Å². The van der Waals surface area contributed by atoms with Crippen LogP contribution < -0.4 is 15.0 Å². The fourth-order valence-corrected chi connectivity index (χ4v) is 3.72. The normalized spacial score (nSPS) is 20.1. The van der Waals surface area contributed by atoms with Crippen molar-refractivity contribution in [1.82, 2.24) is 10.2 Å². The van der Waals surface area contributed by atoms with E-state index in [1.807, 2.05) is 41.0 Å². The van der Waals surface area contributed by atoms with Gasteiger partial charge in [-0.05, 0) is 31.4 Å². The van der Waals surface area contributed by atoms with E-state index in [0.717, 1.165) is 38.0 Å². The lowest BCUT2D eigenvalue weighted by Gasteiger charge is -2.36. The lowest BCUT2D eigenvalue weighted by molar-refractivity contribution is -0.131. The number of fused-ring (bicyclic) bond motifs is 1. The highest BCUT2D eigenvalue weighted by molar-refractivity contribution is 5.86. The summed E-state index contributed by atoms with van der Waals surface area (Å²) in [6, 6.07) is 7.65. The Hall–Kier alpha value is -2.24. The Kier molecular flexibility index (Phi) is 6.96. The van der Waals surface area contributed by atoms with E-state index in [1.54, 1.807) is 0 Å². The Morgan fingerprint density at radius 3 is 2.56 bits per heavy atom. The summed E-state index contributed by atoms with van der Waals surface area (Å²) >= 11 is 0. The summed E-state index contributed by atoms with van der Waals surface area (Å²) < 4.78 is 5.91. The Morgan fingerprint density at radius 2 is 1.81 bits per heavy atom. The van der Waals surface area contributed by atoms with Gasteiger partial charge in [-0.15, -0.1) is 0 Å². The van der Waals surface area contributed by atoms with Crippen molar-refractivity contribution in [3.63, 3.8) is 0 Å². The Labute approximate surface area is 161 Å². The molecule has 148 valence electrons. The molecule has 1 saturated heterocycles. The number of nitrogens with one attached hydrogen (secondary N) is 1. The largest absolute Gasteiger partial charge is 0.477 e. The third kappa shape index (κ3) is 5.15. The van der Waals surface area contributed by atoms with Crippen molar-refractivity contribution in [3.8, 4) is 5.75 Å². The van der Waals surface area contributed by atoms with Crippen molar-refractivity contribution < 1.29 is 14.3 Å². The van der Waals surface area contributed by atoms with Crippen molar-refractivity contribution in [2.24, 2.45) is 0 Å². The molecule has 2 amide bonds. The molecule has 2 aliphatic heterocycles. The molecule has 3 rings (SSSR count). The van der Waals surface area contributed by atoms with Crippen molar-refractivity contribution in [3.05, 3.63) is 24.3 Å². The standard InChI is InChI=1S/C21H31N3O3/c1-2-12-22-21(26)19-15-24(17-10-6-7-11-18(17)27-19)16-20(25)23-13-8-4-3-5-9-14-23/h6-7,10-11,19H,2-5,8-9,12-16H2,1H3,(H,22,26)/t19-/m1/s1. The minimum Gasteiger partial charge on any atom is -0.477 e. The number of rotatable bonds is 5. The van der Waals surface area contributed by atoms with Crippen LogP contribution in [-0.2, 0) is 9.59 Å². The number of carbonyl (C=O) groups is 2. The molecule has 6 heteroatoms. The molecule has 2 heterocycles. The van der Waals surface area contributed by atoms with Crippen molar-refractivity contribution in [1.29, 1.82) is 0 Å². The first-order valence-electron chi connectivity index (χ1n) is 10.2. The molecular formula is C21H31N3O3. The van der Waals surface area contributed by atoms with Crippen LogP contribution in [0.2, 0.25) is 0 Å². The predicted molar refractivity (Wildman–Crippen MR) is 106 cm³/mol. The van der Waals surface area contributed by atoms with E-state index >= 15 is 0 Å². The van der Waals surface area contributed by atoms with Gasteiger partial charge in [-0.3, -0.25) is 9.59 Å². The SMILES string of the molecule is CCCNC(=O)[C@H]1CN(CC(=O)N2CCCCCCC2)c2ccccc2O1. The van der Waals surface area contributed by atoms with Gasteiger partial charge >= 0.3 is 0 Å². The lowest BCUT2D eigenvalue weighted by atomic mass is 10.1. The number of amides is 2. The van der Waals surface area contributed by atoms with Crippen LogP contribution in [0.4, 0.5) is 5.69 Å². The number of nitrogens with zero attached hydrogens (tertiary/aromatic N) is 2. The number of anilines is 1. The van der Waals surface area contributed by atoms with Gasteiger partial charge < -0.3 is 19.9 Å². The van der Waals surface area contributed by atoms with Crippen molar-refractivity contribution >= 4 is 17.5 Å². The van der Waals surface area contributed by atoms with Crippen molar-refractivity contribution in [2.75, 3.05) is 37.6 Å². The lowest BCUT2D eigenvalue weighted by Crippen LogP contribution is -2.52. The van der Waals surface area contributed by atoms with Gasteiger partial charge in [0.15, 0.2) is 6.10 Å². The fourth-order valence-electron chi connectivity index (χ4n) is 3.72. The van der Waals surface area contributed by atoms with Crippen molar-refractivity contribution in [2.45, 2.75) is 51.6 Å². The molecule has 1 aromatic rings.